The zero-order valence-electron chi connectivity index (χ0n) is 11.5. The molecule has 4 heteroatoms. The van der Waals surface area contributed by atoms with Crippen LogP contribution >= 0.6 is 27.5 Å². The lowest BCUT2D eigenvalue weighted by Crippen LogP contribution is -2.29. The van der Waals surface area contributed by atoms with Crippen LogP contribution in [0.1, 0.15) is 49.9 Å². The van der Waals surface area contributed by atoms with E-state index in [1.165, 1.54) is 19.3 Å². The first-order valence-corrected chi connectivity index (χ1v) is 7.98. The van der Waals surface area contributed by atoms with Crippen LogP contribution in [-0.2, 0) is 0 Å². The number of hydrogen-bond donors (Lipinski definition) is 1. The van der Waals surface area contributed by atoms with Gasteiger partial charge < -0.3 is 5.32 Å². The van der Waals surface area contributed by atoms with E-state index in [0.717, 1.165) is 17.4 Å². The lowest BCUT2D eigenvalue weighted by Gasteiger charge is -2.15. The largest absolute Gasteiger partial charge is 0.352 e. The van der Waals surface area contributed by atoms with Crippen molar-refractivity contribution in [3.63, 3.8) is 0 Å². The Hall–Kier alpha value is -0.540. The number of rotatable bonds is 7. The Morgan fingerprint density at radius 1 is 1.42 bits per heavy atom. The first-order valence-electron chi connectivity index (χ1n) is 6.81. The van der Waals surface area contributed by atoms with Crippen molar-refractivity contribution in [1.82, 2.24) is 5.32 Å². The van der Waals surface area contributed by atoms with Gasteiger partial charge in [0.05, 0.1) is 10.6 Å². The summed E-state index contributed by atoms with van der Waals surface area (Å²) in [5.41, 5.74) is 0.529. The molecule has 2 nitrogen and oxygen atoms in total. The van der Waals surface area contributed by atoms with Gasteiger partial charge in [0.2, 0.25) is 0 Å². The van der Waals surface area contributed by atoms with Crippen molar-refractivity contribution in [2.45, 2.75) is 39.5 Å². The summed E-state index contributed by atoms with van der Waals surface area (Å²) < 4.78 is 0.861. The molecule has 0 unspecified atom stereocenters. The summed E-state index contributed by atoms with van der Waals surface area (Å²) in [5.74, 6) is 0.455. The Morgan fingerprint density at radius 2 is 2.16 bits per heavy atom. The van der Waals surface area contributed by atoms with Gasteiger partial charge in [-0.2, -0.15) is 0 Å². The van der Waals surface area contributed by atoms with Crippen molar-refractivity contribution < 1.29 is 4.79 Å². The predicted octanol–water partition coefficient (Wildman–Crippen LogP) is 5.05. The molecule has 1 aromatic carbocycles. The van der Waals surface area contributed by atoms with Gasteiger partial charge in [-0.05, 0) is 30.5 Å². The Kier molecular flexibility index (Phi) is 7.47. The monoisotopic (exact) mass is 345 g/mol. The zero-order valence-corrected chi connectivity index (χ0v) is 13.9. The van der Waals surface area contributed by atoms with Gasteiger partial charge >= 0.3 is 0 Å². The molecule has 0 saturated heterocycles. The summed E-state index contributed by atoms with van der Waals surface area (Å²) in [7, 11) is 0. The van der Waals surface area contributed by atoms with Crippen LogP contribution in [0.25, 0.3) is 0 Å². The Labute approximate surface area is 129 Å². The predicted molar refractivity (Wildman–Crippen MR) is 84.8 cm³/mol. The molecule has 1 atom stereocenters. The second kappa shape index (κ2) is 8.60. The first kappa shape index (κ1) is 16.5. The van der Waals surface area contributed by atoms with Crippen LogP contribution in [0, 0.1) is 5.92 Å². The summed E-state index contributed by atoms with van der Waals surface area (Å²) in [6, 6.07) is 5.31. The van der Waals surface area contributed by atoms with Crippen molar-refractivity contribution >= 4 is 33.4 Å². The van der Waals surface area contributed by atoms with E-state index >= 15 is 0 Å². The fraction of sp³-hybridized carbons (Fsp3) is 0.533. The molecule has 1 rings (SSSR count). The van der Waals surface area contributed by atoms with Crippen LogP contribution in [0.4, 0.5) is 0 Å². The van der Waals surface area contributed by atoms with Gasteiger partial charge in [-0.15, -0.1) is 0 Å². The molecule has 0 fully saturated rings. The molecule has 0 aliphatic carbocycles. The van der Waals surface area contributed by atoms with Crippen molar-refractivity contribution in [3.05, 3.63) is 33.3 Å². The fourth-order valence-electron chi connectivity index (χ4n) is 1.95. The number of amides is 1. The SMILES string of the molecule is CCCC[C@@H](CC)CNC(=O)c1cc(Br)ccc1Cl. The highest BCUT2D eigenvalue weighted by Crippen LogP contribution is 2.21. The minimum absolute atomic E-state index is 0.0961. The Bertz CT molecular complexity index is 423. The molecule has 19 heavy (non-hydrogen) atoms. The molecule has 0 aromatic heterocycles. The van der Waals surface area contributed by atoms with Crippen LogP contribution in [0.3, 0.4) is 0 Å². The molecule has 0 radical (unpaired) electrons. The number of benzene rings is 1. The van der Waals surface area contributed by atoms with E-state index in [-0.39, 0.29) is 5.91 Å². The van der Waals surface area contributed by atoms with E-state index in [1.807, 2.05) is 6.07 Å². The molecule has 0 bridgehead atoms. The maximum Gasteiger partial charge on any atom is 0.252 e. The molecular weight excluding hydrogens is 326 g/mol. The Morgan fingerprint density at radius 3 is 2.79 bits per heavy atom. The number of nitrogens with one attached hydrogen (secondary N) is 1. The van der Waals surface area contributed by atoms with Crippen molar-refractivity contribution in [3.8, 4) is 0 Å². The average molecular weight is 347 g/mol. The van der Waals surface area contributed by atoms with E-state index in [1.54, 1.807) is 12.1 Å². The quantitative estimate of drug-likeness (QED) is 0.735. The van der Waals surface area contributed by atoms with Crippen molar-refractivity contribution in [2.24, 2.45) is 5.92 Å². The first-order chi connectivity index (χ1) is 9.08. The smallest absolute Gasteiger partial charge is 0.252 e. The second-order valence-electron chi connectivity index (χ2n) is 4.75. The summed E-state index contributed by atoms with van der Waals surface area (Å²) in [5, 5.41) is 3.47. The standard InChI is InChI=1S/C15H21BrClNO/c1-3-5-6-11(4-2)10-18-15(19)13-9-12(16)7-8-14(13)17/h7-9,11H,3-6,10H2,1-2H3,(H,18,19)/t11-/m1/s1. The molecule has 0 heterocycles. The maximum absolute atomic E-state index is 12.1. The molecular formula is C15H21BrClNO. The minimum Gasteiger partial charge on any atom is -0.352 e. The van der Waals surface area contributed by atoms with Crippen molar-refractivity contribution in [1.29, 1.82) is 0 Å². The third-order valence-corrected chi connectivity index (χ3v) is 4.09. The van der Waals surface area contributed by atoms with E-state index in [2.05, 4.69) is 35.1 Å². The molecule has 1 N–H and O–H groups in total. The van der Waals surface area contributed by atoms with E-state index in [9.17, 15) is 4.79 Å². The molecule has 106 valence electrons. The van der Waals surface area contributed by atoms with Gasteiger partial charge in [0.15, 0.2) is 0 Å². The van der Waals surface area contributed by atoms with Crippen LogP contribution in [0.5, 0.6) is 0 Å². The summed E-state index contributed by atoms with van der Waals surface area (Å²) in [4.78, 5) is 12.1. The van der Waals surface area contributed by atoms with Gasteiger partial charge in [0, 0.05) is 11.0 Å². The second-order valence-corrected chi connectivity index (χ2v) is 6.07. The van der Waals surface area contributed by atoms with Crippen molar-refractivity contribution in [2.75, 3.05) is 6.54 Å². The molecule has 1 amide bonds. The topological polar surface area (TPSA) is 29.1 Å². The molecule has 0 spiro atoms. The average Bonchev–Trinajstić information content (AvgIpc) is 2.41. The van der Waals surface area contributed by atoms with Gasteiger partial charge in [-0.3, -0.25) is 4.79 Å². The lowest BCUT2D eigenvalue weighted by atomic mass is 9.99. The normalized spacial score (nSPS) is 12.2. The summed E-state index contributed by atoms with van der Waals surface area (Å²) >= 11 is 9.40. The molecule has 1 aromatic rings. The van der Waals surface area contributed by atoms with E-state index in [4.69, 9.17) is 11.6 Å². The Balaban J connectivity index is 2.56. The van der Waals surface area contributed by atoms with Crippen LogP contribution in [0.15, 0.2) is 22.7 Å². The van der Waals surface area contributed by atoms with Gasteiger partial charge in [0.1, 0.15) is 0 Å². The highest BCUT2D eigenvalue weighted by atomic mass is 79.9. The minimum atomic E-state index is -0.0961. The highest BCUT2D eigenvalue weighted by Gasteiger charge is 2.13. The van der Waals surface area contributed by atoms with Gasteiger partial charge in [-0.1, -0.05) is 60.6 Å². The van der Waals surface area contributed by atoms with E-state index in [0.29, 0.717) is 16.5 Å². The zero-order chi connectivity index (χ0) is 14.3. The van der Waals surface area contributed by atoms with Crippen LogP contribution in [-0.4, -0.2) is 12.5 Å². The molecule has 0 aliphatic rings. The van der Waals surface area contributed by atoms with Gasteiger partial charge in [-0.25, -0.2) is 0 Å². The number of carbonyl (C=O) groups excluding carboxylic acids is 1. The number of halogens is 2. The number of carbonyl (C=O) groups is 1. The number of hydrogen-bond acceptors (Lipinski definition) is 1. The number of unbranched alkanes of at least 4 members (excludes halogenated alkanes) is 1. The third kappa shape index (κ3) is 5.53. The summed E-state index contributed by atoms with van der Waals surface area (Å²) in [6.07, 6.45) is 4.67. The third-order valence-electron chi connectivity index (χ3n) is 3.27. The molecule has 0 saturated carbocycles. The van der Waals surface area contributed by atoms with Crippen LogP contribution < -0.4 is 5.32 Å². The van der Waals surface area contributed by atoms with E-state index < -0.39 is 0 Å². The lowest BCUT2D eigenvalue weighted by molar-refractivity contribution is 0.0946. The summed E-state index contributed by atoms with van der Waals surface area (Å²) in [6.45, 7) is 5.07. The van der Waals surface area contributed by atoms with Gasteiger partial charge in [0.25, 0.3) is 5.91 Å². The van der Waals surface area contributed by atoms with Crippen LogP contribution in [0.2, 0.25) is 5.02 Å². The highest BCUT2D eigenvalue weighted by molar-refractivity contribution is 9.10. The fourth-order valence-corrected chi connectivity index (χ4v) is 2.51. The maximum atomic E-state index is 12.1. The molecule has 0 aliphatic heterocycles.